The van der Waals surface area contributed by atoms with Gasteiger partial charge in [-0.2, -0.15) is 0 Å². The van der Waals surface area contributed by atoms with Crippen LogP contribution in [-0.2, 0) is 4.79 Å². The Kier molecular flexibility index (Phi) is 5.14. The first-order chi connectivity index (χ1) is 11.2. The molecular formula is C15H12BrN3O2S2. The normalized spacial score (nSPS) is 10.7. The van der Waals surface area contributed by atoms with E-state index in [0.29, 0.717) is 10.9 Å². The molecule has 8 heteroatoms. The Hall–Kier alpha value is -1.64. The molecule has 1 heterocycles. The number of benzene rings is 2. The highest BCUT2D eigenvalue weighted by Crippen LogP contribution is 2.33. The summed E-state index contributed by atoms with van der Waals surface area (Å²) >= 11 is 6.35. The summed E-state index contributed by atoms with van der Waals surface area (Å²) in [6.45, 7) is -0.0921. The predicted octanol–water partition coefficient (Wildman–Crippen LogP) is 4.19. The summed E-state index contributed by atoms with van der Waals surface area (Å²) in [6.07, 6.45) is 1.91. The molecule has 5 nitrogen and oxygen atoms in total. The first-order valence-electron chi connectivity index (χ1n) is 6.65. The largest absolute Gasteiger partial charge is 0.483 e. The maximum absolute atomic E-state index is 11.9. The van der Waals surface area contributed by atoms with E-state index in [9.17, 15) is 4.79 Å². The van der Waals surface area contributed by atoms with Crippen LogP contribution in [0.1, 0.15) is 0 Å². The van der Waals surface area contributed by atoms with E-state index in [2.05, 4.69) is 31.4 Å². The Morgan fingerprint density at radius 3 is 2.91 bits per heavy atom. The van der Waals surface area contributed by atoms with Gasteiger partial charge in [-0.05, 0) is 39.0 Å². The first kappa shape index (κ1) is 16.2. The lowest BCUT2D eigenvalue weighted by Gasteiger charge is -2.09. The number of nitrogens with one attached hydrogen (secondary N) is 1. The van der Waals surface area contributed by atoms with Crippen LogP contribution in [0.15, 0.2) is 45.2 Å². The number of aromatic nitrogens is 2. The zero-order valence-corrected chi connectivity index (χ0v) is 15.3. The first-order valence-corrected chi connectivity index (χ1v) is 9.48. The van der Waals surface area contributed by atoms with E-state index in [1.54, 1.807) is 0 Å². The smallest absolute Gasteiger partial charge is 0.264 e. The molecule has 3 rings (SSSR count). The van der Waals surface area contributed by atoms with Gasteiger partial charge in [-0.15, -0.1) is 10.2 Å². The van der Waals surface area contributed by atoms with Crippen LogP contribution in [0.2, 0.25) is 0 Å². The second-order valence-electron chi connectivity index (χ2n) is 4.51. The SMILES string of the molecule is CSc1nnc(NC(=O)COc2ccc3ccccc3c2Br)s1. The lowest BCUT2D eigenvalue weighted by molar-refractivity contribution is -0.118. The minimum absolute atomic E-state index is 0.0921. The molecule has 0 spiro atoms. The fourth-order valence-corrected chi connectivity index (χ4v) is 3.76. The summed E-state index contributed by atoms with van der Waals surface area (Å²) in [7, 11) is 0. The summed E-state index contributed by atoms with van der Waals surface area (Å²) in [5.41, 5.74) is 0. The summed E-state index contributed by atoms with van der Waals surface area (Å²) in [5, 5.41) is 13.1. The fraction of sp³-hybridized carbons (Fsp3) is 0.133. The molecule has 0 atom stereocenters. The quantitative estimate of drug-likeness (QED) is 0.505. The molecule has 0 saturated heterocycles. The van der Waals surface area contributed by atoms with Crippen molar-refractivity contribution < 1.29 is 9.53 Å². The lowest BCUT2D eigenvalue weighted by Crippen LogP contribution is -2.20. The number of hydrogen-bond donors (Lipinski definition) is 1. The molecule has 2 aromatic carbocycles. The van der Waals surface area contributed by atoms with Gasteiger partial charge >= 0.3 is 0 Å². The van der Waals surface area contributed by atoms with Crippen molar-refractivity contribution in [3.8, 4) is 5.75 Å². The van der Waals surface area contributed by atoms with E-state index in [4.69, 9.17) is 4.74 Å². The number of nitrogens with zero attached hydrogens (tertiary/aromatic N) is 2. The zero-order chi connectivity index (χ0) is 16.2. The fourth-order valence-electron chi connectivity index (χ4n) is 1.97. The average Bonchev–Trinajstić information content (AvgIpc) is 3.02. The number of fused-ring (bicyclic) bond motifs is 1. The van der Waals surface area contributed by atoms with Crippen LogP contribution in [0, 0.1) is 0 Å². The van der Waals surface area contributed by atoms with Crippen LogP contribution in [0.25, 0.3) is 10.8 Å². The van der Waals surface area contributed by atoms with Crippen LogP contribution >= 0.6 is 39.0 Å². The third kappa shape index (κ3) is 3.82. The molecule has 23 heavy (non-hydrogen) atoms. The maximum Gasteiger partial charge on any atom is 0.264 e. The molecule has 0 unspecified atom stereocenters. The van der Waals surface area contributed by atoms with Gasteiger partial charge < -0.3 is 4.74 Å². The highest BCUT2D eigenvalue weighted by molar-refractivity contribution is 9.10. The molecular weight excluding hydrogens is 398 g/mol. The second kappa shape index (κ2) is 7.29. The van der Waals surface area contributed by atoms with Gasteiger partial charge in [0, 0.05) is 0 Å². The number of amides is 1. The molecule has 1 aromatic heterocycles. The number of carbonyl (C=O) groups is 1. The second-order valence-corrected chi connectivity index (χ2v) is 7.34. The van der Waals surface area contributed by atoms with Crippen molar-refractivity contribution in [3.05, 3.63) is 40.9 Å². The van der Waals surface area contributed by atoms with E-state index in [1.807, 2.05) is 42.7 Å². The minimum Gasteiger partial charge on any atom is -0.483 e. The third-order valence-electron chi connectivity index (χ3n) is 3.01. The average molecular weight is 410 g/mol. The number of hydrogen-bond acceptors (Lipinski definition) is 6. The van der Waals surface area contributed by atoms with Gasteiger partial charge in [-0.25, -0.2) is 0 Å². The maximum atomic E-state index is 11.9. The van der Waals surface area contributed by atoms with Crippen LogP contribution in [-0.4, -0.2) is 29.0 Å². The molecule has 3 aromatic rings. The molecule has 118 valence electrons. The van der Waals surface area contributed by atoms with E-state index in [-0.39, 0.29) is 12.5 Å². The molecule has 0 bridgehead atoms. The lowest BCUT2D eigenvalue weighted by atomic mass is 10.1. The Morgan fingerprint density at radius 2 is 2.13 bits per heavy atom. The Bertz CT molecular complexity index is 854. The monoisotopic (exact) mass is 409 g/mol. The molecule has 0 aliphatic rings. The number of carbonyl (C=O) groups excluding carboxylic acids is 1. The van der Waals surface area contributed by atoms with Crippen molar-refractivity contribution in [1.29, 1.82) is 0 Å². The number of thioether (sulfide) groups is 1. The van der Waals surface area contributed by atoms with Gasteiger partial charge in [0.1, 0.15) is 5.75 Å². The number of ether oxygens (including phenoxy) is 1. The summed E-state index contributed by atoms with van der Waals surface area (Å²) in [5.74, 6) is 0.356. The van der Waals surface area contributed by atoms with E-state index >= 15 is 0 Å². The van der Waals surface area contributed by atoms with Gasteiger partial charge in [0.2, 0.25) is 5.13 Å². The minimum atomic E-state index is -0.270. The molecule has 1 amide bonds. The van der Waals surface area contributed by atoms with Gasteiger partial charge in [-0.1, -0.05) is 53.4 Å². The third-order valence-corrected chi connectivity index (χ3v) is 5.65. The topological polar surface area (TPSA) is 64.1 Å². The van der Waals surface area contributed by atoms with Crippen molar-refractivity contribution >= 4 is 60.8 Å². The molecule has 0 saturated carbocycles. The van der Waals surface area contributed by atoms with Crippen LogP contribution in [0.4, 0.5) is 5.13 Å². The van der Waals surface area contributed by atoms with Gasteiger partial charge in [0.05, 0.1) is 4.47 Å². The van der Waals surface area contributed by atoms with Crippen molar-refractivity contribution in [1.82, 2.24) is 10.2 Å². The Labute approximate surface area is 149 Å². The van der Waals surface area contributed by atoms with E-state index < -0.39 is 0 Å². The number of rotatable bonds is 5. The van der Waals surface area contributed by atoms with Gasteiger partial charge in [0.15, 0.2) is 10.9 Å². The van der Waals surface area contributed by atoms with Crippen molar-refractivity contribution in [2.75, 3.05) is 18.2 Å². The van der Waals surface area contributed by atoms with Crippen LogP contribution < -0.4 is 10.1 Å². The van der Waals surface area contributed by atoms with E-state index in [1.165, 1.54) is 23.1 Å². The van der Waals surface area contributed by atoms with E-state index in [0.717, 1.165) is 19.6 Å². The van der Waals surface area contributed by atoms with Gasteiger partial charge in [-0.3, -0.25) is 10.1 Å². The number of anilines is 1. The zero-order valence-electron chi connectivity index (χ0n) is 12.1. The summed E-state index contributed by atoms with van der Waals surface area (Å²) in [4.78, 5) is 11.9. The molecule has 0 radical (unpaired) electrons. The Balaban J connectivity index is 1.65. The molecule has 1 N–H and O–H groups in total. The van der Waals surface area contributed by atoms with Crippen molar-refractivity contribution in [2.45, 2.75) is 4.34 Å². The van der Waals surface area contributed by atoms with Crippen LogP contribution in [0.3, 0.4) is 0 Å². The summed E-state index contributed by atoms with van der Waals surface area (Å²) < 4.78 is 7.25. The van der Waals surface area contributed by atoms with Gasteiger partial charge in [0.25, 0.3) is 5.91 Å². The molecule has 0 aliphatic carbocycles. The number of halogens is 1. The van der Waals surface area contributed by atoms with Crippen molar-refractivity contribution in [2.24, 2.45) is 0 Å². The molecule has 0 fully saturated rings. The van der Waals surface area contributed by atoms with Crippen LogP contribution in [0.5, 0.6) is 5.75 Å². The standard InChI is InChI=1S/C15H12BrN3O2S2/c1-22-15-19-18-14(23-15)17-12(20)8-21-11-7-6-9-4-2-3-5-10(9)13(11)16/h2-7H,8H2,1H3,(H,17,18,20). The highest BCUT2D eigenvalue weighted by Gasteiger charge is 2.11. The van der Waals surface area contributed by atoms with Crippen molar-refractivity contribution in [3.63, 3.8) is 0 Å². The predicted molar refractivity (Wildman–Crippen MR) is 97.5 cm³/mol. The molecule has 0 aliphatic heterocycles. The summed E-state index contributed by atoms with van der Waals surface area (Å²) in [6, 6.07) is 11.8. The highest BCUT2D eigenvalue weighted by atomic mass is 79.9. The Morgan fingerprint density at radius 1 is 1.30 bits per heavy atom.